The zero-order valence-electron chi connectivity index (χ0n) is 9.72. The highest BCUT2D eigenvalue weighted by Gasteiger charge is 2.13. The molecule has 2 aromatic rings. The monoisotopic (exact) mass is 387 g/mol. The standard InChI is InChI=1S/C13H10INO3S/c14-9-1-2-11(10(6-9)13(17)18)15-12(16)5-8-3-4-19-7-8/h1-4,6-7H,5H2,(H,15,16)(H,17,18). The van der Waals surface area contributed by atoms with Crippen LogP contribution in [0.1, 0.15) is 15.9 Å². The number of halogens is 1. The molecular formula is C13H10INO3S. The van der Waals surface area contributed by atoms with Crippen LogP contribution in [0, 0.1) is 3.57 Å². The molecule has 0 fully saturated rings. The lowest BCUT2D eigenvalue weighted by atomic mass is 10.1. The summed E-state index contributed by atoms with van der Waals surface area (Å²) < 4.78 is 0.811. The van der Waals surface area contributed by atoms with Crippen molar-refractivity contribution in [3.63, 3.8) is 0 Å². The van der Waals surface area contributed by atoms with Crippen molar-refractivity contribution in [1.82, 2.24) is 0 Å². The molecule has 0 bridgehead atoms. The van der Waals surface area contributed by atoms with Crippen LogP contribution in [0.4, 0.5) is 5.69 Å². The van der Waals surface area contributed by atoms with E-state index in [2.05, 4.69) is 5.32 Å². The van der Waals surface area contributed by atoms with E-state index in [0.717, 1.165) is 9.13 Å². The van der Waals surface area contributed by atoms with Gasteiger partial charge in [0.15, 0.2) is 0 Å². The third-order valence-corrected chi connectivity index (χ3v) is 3.83. The molecule has 0 radical (unpaired) electrons. The van der Waals surface area contributed by atoms with Crippen molar-refractivity contribution >= 4 is 51.5 Å². The number of hydrogen-bond acceptors (Lipinski definition) is 3. The van der Waals surface area contributed by atoms with Crippen molar-refractivity contribution in [2.75, 3.05) is 5.32 Å². The summed E-state index contributed by atoms with van der Waals surface area (Å²) in [7, 11) is 0. The largest absolute Gasteiger partial charge is 0.478 e. The second-order valence-electron chi connectivity index (χ2n) is 3.85. The third kappa shape index (κ3) is 3.77. The van der Waals surface area contributed by atoms with E-state index in [4.69, 9.17) is 5.11 Å². The van der Waals surface area contributed by atoms with Crippen LogP contribution in [0.3, 0.4) is 0 Å². The Labute approximate surface area is 127 Å². The smallest absolute Gasteiger partial charge is 0.337 e. The molecule has 1 heterocycles. The van der Waals surface area contributed by atoms with Crippen LogP contribution in [0.15, 0.2) is 35.0 Å². The summed E-state index contributed by atoms with van der Waals surface area (Å²) in [6.07, 6.45) is 0.245. The molecule has 0 atom stereocenters. The lowest BCUT2D eigenvalue weighted by molar-refractivity contribution is -0.115. The fourth-order valence-electron chi connectivity index (χ4n) is 1.58. The van der Waals surface area contributed by atoms with Gasteiger partial charge in [-0.15, -0.1) is 0 Å². The number of nitrogens with one attached hydrogen (secondary N) is 1. The number of anilines is 1. The Morgan fingerprint density at radius 3 is 2.74 bits per heavy atom. The Bertz CT molecular complexity index is 610. The molecule has 0 unspecified atom stereocenters. The Kier molecular flexibility index (Phi) is 4.54. The second kappa shape index (κ2) is 6.16. The molecule has 19 heavy (non-hydrogen) atoms. The molecule has 98 valence electrons. The van der Waals surface area contributed by atoms with Crippen LogP contribution in [0.5, 0.6) is 0 Å². The number of amides is 1. The molecule has 6 heteroatoms. The minimum Gasteiger partial charge on any atom is -0.478 e. The van der Waals surface area contributed by atoms with Crippen LogP contribution in [-0.4, -0.2) is 17.0 Å². The number of carboxylic acids is 1. The number of benzene rings is 1. The molecule has 0 saturated heterocycles. The maximum Gasteiger partial charge on any atom is 0.337 e. The molecule has 2 N–H and O–H groups in total. The number of thiophene rings is 1. The quantitative estimate of drug-likeness (QED) is 0.792. The highest BCUT2D eigenvalue weighted by Crippen LogP contribution is 2.19. The van der Waals surface area contributed by atoms with Crippen molar-refractivity contribution in [2.45, 2.75) is 6.42 Å². The van der Waals surface area contributed by atoms with Crippen molar-refractivity contribution in [2.24, 2.45) is 0 Å². The molecular weight excluding hydrogens is 377 g/mol. The zero-order chi connectivity index (χ0) is 13.8. The lowest BCUT2D eigenvalue weighted by Crippen LogP contribution is -2.16. The highest BCUT2D eigenvalue weighted by atomic mass is 127. The van der Waals surface area contributed by atoms with Gasteiger partial charge >= 0.3 is 5.97 Å². The van der Waals surface area contributed by atoms with Gasteiger partial charge in [0.05, 0.1) is 17.7 Å². The van der Waals surface area contributed by atoms with Gasteiger partial charge in [0.25, 0.3) is 0 Å². The van der Waals surface area contributed by atoms with Gasteiger partial charge in [-0.05, 0) is 63.2 Å². The maximum atomic E-state index is 11.8. The van der Waals surface area contributed by atoms with E-state index in [-0.39, 0.29) is 17.9 Å². The number of carboxylic acid groups (broad SMARTS) is 1. The molecule has 4 nitrogen and oxygen atoms in total. The van der Waals surface area contributed by atoms with Gasteiger partial charge in [0.2, 0.25) is 5.91 Å². The molecule has 0 aliphatic carbocycles. The first-order valence-electron chi connectivity index (χ1n) is 5.40. The first-order valence-corrected chi connectivity index (χ1v) is 7.42. The van der Waals surface area contributed by atoms with Crippen LogP contribution in [0.2, 0.25) is 0 Å². The average molecular weight is 387 g/mol. The number of rotatable bonds is 4. The van der Waals surface area contributed by atoms with E-state index in [1.807, 2.05) is 39.4 Å². The summed E-state index contributed by atoms with van der Waals surface area (Å²) in [4.78, 5) is 23.0. The molecule has 2 rings (SSSR count). The second-order valence-corrected chi connectivity index (χ2v) is 5.88. The zero-order valence-corrected chi connectivity index (χ0v) is 12.7. The van der Waals surface area contributed by atoms with Crippen molar-refractivity contribution < 1.29 is 14.7 Å². The van der Waals surface area contributed by atoms with Gasteiger partial charge in [-0.1, -0.05) is 0 Å². The molecule has 1 amide bonds. The molecule has 1 aromatic heterocycles. The summed E-state index contributed by atoms with van der Waals surface area (Å²) in [6.45, 7) is 0. The van der Waals surface area contributed by atoms with Crippen molar-refractivity contribution in [3.05, 3.63) is 49.7 Å². The summed E-state index contributed by atoms with van der Waals surface area (Å²) in [5, 5.41) is 15.5. The number of carbonyl (C=O) groups is 2. The van der Waals surface area contributed by atoms with Crippen LogP contribution < -0.4 is 5.32 Å². The lowest BCUT2D eigenvalue weighted by Gasteiger charge is -2.08. The van der Waals surface area contributed by atoms with Gasteiger partial charge in [-0.3, -0.25) is 4.79 Å². The molecule has 0 aliphatic heterocycles. The topological polar surface area (TPSA) is 66.4 Å². The van der Waals surface area contributed by atoms with Crippen molar-refractivity contribution in [3.8, 4) is 0 Å². The Morgan fingerprint density at radius 2 is 2.11 bits per heavy atom. The van der Waals surface area contributed by atoms with Crippen LogP contribution >= 0.6 is 33.9 Å². The minimum absolute atomic E-state index is 0.102. The maximum absolute atomic E-state index is 11.8. The predicted molar refractivity (Wildman–Crippen MR) is 82.8 cm³/mol. The van der Waals surface area contributed by atoms with E-state index in [9.17, 15) is 9.59 Å². The highest BCUT2D eigenvalue weighted by molar-refractivity contribution is 14.1. The third-order valence-electron chi connectivity index (χ3n) is 2.43. The Morgan fingerprint density at radius 1 is 1.32 bits per heavy atom. The number of carbonyl (C=O) groups excluding carboxylic acids is 1. The fourth-order valence-corrected chi connectivity index (χ4v) is 2.74. The Balaban J connectivity index is 2.14. The van der Waals surface area contributed by atoms with Gasteiger partial charge in [-0.2, -0.15) is 11.3 Å². The van der Waals surface area contributed by atoms with E-state index in [1.54, 1.807) is 12.1 Å². The summed E-state index contributed by atoms with van der Waals surface area (Å²) in [6, 6.07) is 6.77. The van der Waals surface area contributed by atoms with E-state index >= 15 is 0 Å². The van der Waals surface area contributed by atoms with Gasteiger partial charge in [-0.25, -0.2) is 4.79 Å². The van der Waals surface area contributed by atoms with E-state index < -0.39 is 5.97 Å². The minimum atomic E-state index is -1.05. The van der Waals surface area contributed by atoms with E-state index in [1.165, 1.54) is 17.4 Å². The molecule has 1 aromatic carbocycles. The average Bonchev–Trinajstić information content (AvgIpc) is 2.83. The number of aromatic carboxylic acids is 1. The first kappa shape index (κ1) is 14.0. The van der Waals surface area contributed by atoms with Crippen LogP contribution in [0.25, 0.3) is 0 Å². The molecule has 0 spiro atoms. The number of hydrogen-bond donors (Lipinski definition) is 2. The molecule has 0 aliphatic rings. The summed E-state index contributed by atoms with van der Waals surface area (Å²) >= 11 is 3.56. The van der Waals surface area contributed by atoms with Crippen molar-refractivity contribution in [1.29, 1.82) is 0 Å². The van der Waals surface area contributed by atoms with Crippen LogP contribution in [-0.2, 0) is 11.2 Å². The van der Waals surface area contributed by atoms with Gasteiger partial charge in [0.1, 0.15) is 0 Å². The normalized spacial score (nSPS) is 10.2. The molecule has 0 saturated carbocycles. The van der Waals surface area contributed by atoms with Gasteiger partial charge in [0, 0.05) is 3.57 Å². The fraction of sp³-hybridized carbons (Fsp3) is 0.0769. The SMILES string of the molecule is O=C(Cc1ccsc1)Nc1ccc(I)cc1C(=O)O. The van der Waals surface area contributed by atoms with Gasteiger partial charge < -0.3 is 10.4 Å². The summed E-state index contributed by atoms with van der Waals surface area (Å²) in [5.41, 5.74) is 1.35. The van der Waals surface area contributed by atoms with E-state index in [0.29, 0.717) is 5.69 Å². The Hall–Kier alpha value is -1.41. The summed E-state index contributed by atoms with van der Waals surface area (Å²) in [5.74, 6) is -1.27. The predicted octanol–water partition coefficient (Wildman–Crippen LogP) is 3.23. The first-order chi connectivity index (χ1) is 9.06.